The zero-order valence-corrected chi connectivity index (χ0v) is 8.08. The average molecular weight is 185 g/mol. The summed E-state index contributed by atoms with van der Waals surface area (Å²) in [4.78, 5) is 0. The molecule has 2 rings (SSSR count). The molecular formula is C10H19NO2. The van der Waals surface area contributed by atoms with E-state index in [-0.39, 0.29) is 0 Å². The van der Waals surface area contributed by atoms with Gasteiger partial charge in [0.25, 0.3) is 0 Å². The van der Waals surface area contributed by atoms with Crippen molar-refractivity contribution in [1.82, 2.24) is 0 Å². The summed E-state index contributed by atoms with van der Waals surface area (Å²) >= 11 is 0. The van der Waals surface area contributed by atoms with Gasteiger partial charge in [0.2, 0.25) is 0 Å². The minimum atomic E-state index is 0.557. The minimum Gasteiger partial charge on any atom is -0.373 e. The molecule has 76 valence electrons. The van der Waals surface area contributed by atoms with Gasteiger partial charge in [-0.05, 0) is 38.1 Å². The Kier molecular flexibility index (Phi) is 3.19. The number of hydrogen-bond donors (Lipinski definition) is 1. The minimum absolute atomic E-state index is 0.557. The van der Waals surface area contributed by atoms with Crippen molar-refractivity contribution in [2.45, 2.75) is 37.9 Å². The highest BCUT2D eigenvalue weighted by atomic mass is 16.6. The molecule has 0 bridgehead atoms. The van der Waals surface area contributed by atoms with Crippen LogP contribution in [0.15, 0.2) is 0 Å². The van der Waals surface area contributed by atoms with Crippen LogP contribution in [0.5, 0.6) is 0 Å². The van der Waals surface area contributed by atoms with Gasteiger partial charge in [-0.2, -0.15) is 0 Å². The lowest BCUT2D eigenvalue weighted by Crippen LogP contribution is -2.10. The highest BCUT2D eigenvalue weighted by molar-refractivity contribution is 4.79. The van der Waals surface area contributed by atoms with E-state index in [9.17, 15) is 0 Å². The third kappa shape index (κ3) is 3.63. The first-order valence-electron chi connectivity index (χ1n) is 5.31. The molecule has 2 aliphatic heterocycles. The number of rotatable bonds is 7. The summed E-state index contributed by atoms with van der Waals surface area (Å²) in [6.45, 7) is 2.77. The molecule has 0 aromatic rings. The van der Waals surface area contributed by atoms with Gasteiger partial charge in [-0.25, -0.2) is 0 Å². The quantitative estimate of drug-likeness (QED) is 0.600. The van der Waals surface area contributed by atoms with Gasteiger partial charge in [-0.3, -0.25) is 0 Å². The molecule has 2 atom stereocenters. The van der Waals surface area contributed by atoms with Crippen LogP contribution < -0.4 is 5.73 Å². The molecule has 2 heterocycles. The lowest BCUT2D eigenvalue weighted by Gasteiger charge is -2.13. The molecule has 0 saturated carbocycles. The predicted molar refractivity (Wildman–Crippen MR) is 50.5 cm³/mol. The number of nitrogens with two attached hydrogens (primary N) is 1. The Bertz CT molecular complexity index is 141. The number of ether oxygens (including phenoxy) is 2. The molecule has 13 heavy (non-hydrogen) atoms. The molecule has 0 aromatic heterocycles. The Balaban J connectivity index is 1.64. The van der Waals surface area contributed by atoms with E-state index in [1.807, 2.05) is 0 Å². The van der Waals surface area contributed by atoms with E-state index in [2.05, 4.69) is 0 Å². The van der Waals surface area contributed by atoms with Gasteiger partial charge in [-0.1, -0.05) is 0 Å². The van der Waals surface area contributed by atoms with Crippen molar-refractivity contribution in [3.63, 3.8) is 0 Å². The van der Waals surface area contributed by atoms with Crippen LogP contribution in [0.4, 0.5) is 0 Å². The summed E-state index contributed by atoms with van der Waals surface area (Å²) in [5, 5.41) is 0. The summed E-state index contributed by atoms with van der Waals surface area (Å²) in [7, 11) is 0. The largest absolute Gasteiger partial charge is 0.373 e. The maximum absolute atomic E-state index is 5.51. The summed E-state index contributed by atoms with van der Waals surface area (Å²) in [5.74, 6) is 0.781. The van der Waals surface area contributed by atoms with Gasteiger partial charge in [0.15, 0.2) is 0 Å². The maximum Gasteiger partial charge on any atom is 0.0812 e. The van der Waals surface area contributed by atoms with Gasteiger partial charge >= 0.3 is 0 Å². The van der Waals surface area contributed by atoms with Gasteiger partial charge in [0.05, 0.1) is 25.4 Å². The lowest BCUT2D eigenvalue weighted by molar-refractivity contribution is 0.294. The number of hydrogen-bond acceptors (Lipinski definition) is 3. The molecule has 2 aliphatic rings. The third-order valence-corrected chi connectivity index (χ3v) is 2.81. The fraction of sp³-hybridized carbons (Fsp3) is 1.00. The Morgan fingerprint density at radius 3 is 2.08 bits per heavy atom. The second-order valence-electron chi connectivity index (χ2n) is 4.18. The fourth-order valence-electron chi connectivity index (χ4n) is 1.89. The predicted octanol–water partition coefficient (Wildman–Crippen LogP) is 0.919. The van der Waals surface area contributed by atoms with E-state index in [1.54, 1.807) is 0 Å². The highest BCUT2D eigenvalue weighted by Crippen LogP contribution is 2.29. The zero-order valence-electron chi connectivity index (χ0n) is 8.08. The van der Waals surface area contributed by atoms with Crippen LogP contribution in [-0.2, 0) is 9.47 Å². The van der Waals surface area contributed by atoms with E-state index in [0.717, 1.165) is 32.1 Å². The SMILES string of the molecule is NCCCC(CC1CO1)CC1CO1. The smallest absolute Gasteiger partial charge is 0.0812 e. The van der Waals surface area contributed by atoms with Crippen LogP contribution in [0.2, 0.25) is 0 Å². The third-order valence-electron chi connectivity index (χ3n) is 2.81. The Labute approximate surface area is 79.6 Å². The summed E-state index contributed by atoms with van der Waals surface area (Å²) < 4.78 is 10.5. The van der Waals surface area contributed by atoms with Crippen molar-refractivity contribution >= 4 is 0 Å². The fourth-order valence-corrected chi connectivity index (χ4v) is 1.89. The van der Waals surface area contributed by atoms with E-state index in [4.69, 9.17) is 15.2 Å². The normalized spacial score (nSPS) is 33.0. The zero-order chi connectivity index (χ0) is 9.10. The molecule has 2 fully saturated rings. The van der Waals surface area contributed by atoms with E-state index in [0.29, 0.717) is 12.2 Å². The monoisotopic (exact) mass is 185 g/mol. The van der Waals surface area contributed by atoms with Crippen LogP contribution in [0.25, 0.3) is 0 Å². The lowest BCUT2D eigenvalue weighted by atomic mass is 9.93. The molecule has 0 aromatic carbocycles. The summed E-state index contributed by atoms with van der Waals surface area (Å²) in [6.07, 6.45) is 5.95. The molecule has 0 spiro atoms. The Morgan fingerprint density at radius 1 is 1.15 bits per heavy atom. The maximum atomic E-state index is 5.51. The Morgan fingerprint density at radius 2 is 1.69 bits per heavy atom. The average Bonchev–Trinajstić information content (AvgIpc) is 2.94. The van der Waals surface area contributed by atoms with Gasteiger partial charge < -0.3 is 15.2 Å². The van der Waals surface area contributed by atoms with Crippen LogP contribution >= 0.6 is 0 Å². The molecule has 0 amide bonds. The van der Waals surface area contributed by atoms with Gasteiger partial charge in [0.1, 0.15) is 0 Å². The second kappa shape index (κ2) is 4.40. The molecule has 3 nitrogen and oxygen atoms in total. The summed E-state index contributed by atoms with van der Waals surface area (Å²) in [6, 6.07) is 0. The Hall–Kier alpha value is -0.120. The van der Waals surface area contributed by atoms with Crippen molar-refractivity contribution in [1.29, 1.82) is 0 Å². The molecule has 0 radical (unpaired) electrons. The van der Waals surface area contributed by atoms with Gasteiger partial charge in [-0.15, -0.1) is 0 Å². The van der Waals surface area contributed by atoms with Crippen molar-refractivity contribution in [3.8, 4) is 0 Å². The molecule has 3 heteroatoms. The van der Waals surface area contributed by atoms with Gasteiger partial charge in [0, 0.05) is 0 Å². The summed E-state index contributed by atoms with van der Waals surface area (Å²) in [5.41, 5.74) is 5.51. The van der Waals surface area contributed by atoms with Crippen LogP contribution in [-0.4, -0.2) is 32.0 Å². The molecule has 0 aliphatic carbocycles. The van der Waals surface area contributed by atoms with Crippen LogP contribution in [0.1, 0.15) is 25.7 Å². The number of epoxide rings is 2. The highest BCUT2D eigenvalue weighted by Gasteiger charge is 2.31. The molecule has 2 N–H and O–H groups in total. The van der Waals surface area contributed by atoms with Crippen molar-refractivity contribution in [2.75, 3.05) is 19.8 Å². The van der Waals surface area contributed by atoms with Crippen molar-refractivity contribution in [3.05, 3.63) is 0 Å². The second-order valence-corrected chi connectivity index (χ2v) is 4.18. The van der Waals surface area contributed by atoms with Crippen LogP contribution in [0.3, 0.4) is 0 Å². The first-order valence-corrected chi connectivity index (χ1v) is 5.31. The van der Waals surface area contributed by atoms with Crippen LogP contribution in [0, 0.1) is 5.92 Å². The van der Waals surface area contributed by atoms with E-state index >= 15 is 0 Å². The van der Waals surface area contributed by atoms with Crippen molar-refractivity contribution < 1.29 is 9.47 Å². The molecule has 2 unspecified atom stereocenters. The van der Waals surface area contributed by atoms with E-state index in [1.165, 1.54) is 19.3 Å². The van der Waals surface area contributed by atoms with Crippen molar-refractivity contribution in [2.24, 2.45) is 11.7 Å². The molecule has 2 saturated heterocycles. The first kappa shape index (κ1) is 9.44. The molecular weight excluding hydrogens is 166 g/mol. The first-order chi connectivity index (χ1) is 6.38. The topological polar surface area (TPSA) is 51.1 Å². The van der Waals surface area contributed by atoms with E-state index < -0.39 is 0 Å². The standard InChI is InChI=1S/C10H19NO2/c11-3-1-2-8(4-9-6-12-9)5-10-7-13-10/h8-10H,1-7,11H2.